The summed E-state index contributed by atoms with van der Waals surface area (Å²) in [5.74, 6) is 0.0946. The predicted octanol–water partition coefficient (Wildman–Crippen LogP) is 3.03. The average molecular weight is 376 g/mol. The van der Waals surface area contributed by atoms with Crippen LogP contribution in [0.5, 0.6) is 0 Å². The van der Waals surface area contributed by atoms with Gasteiger partial charge in [0.2, 0.25) is 0 Å². The van der Waals surface area contributed by atoms with Gasteiger partial charge in [-0.15, -0.1) is 0 Å². The third-order valence-electron chi connectivity index (χ3n) is 2.95. The lowest BCUT2D eigenvalue weighted by atomic mass is 10.1. The second kappa shape index (κ2) is 5.72. The molecular weight excluding hydrogens is 360 g/mol. The lowest BCUT2D eigenvalue weighted by molar-refractivity contribution is 0.0673. The minimum atomic E-state index is 0.0946. The van der Waals surface area contributed by atoms with Gasteiger partial charge in [0.1, 0.15) is 0 Å². The van der Waals surface area contributed by atoms with Crippen LogP contribution in [0.15, 0.2) is 27.1 Å². The fourth-order valence-corrected chi connectivity index (χ4v) is 3.65. The Kier molecular flexibility index (Phi) is 4.45. The molecule has 0 spiro atoms. The Bertz CT molecular complexity index is 434. The molecular formula is C13H16Br2N2O. The fraction of sp³-hybridized carbons (Fsp3) is 0.462. The van der Waals surface area contributed by atoms with E-state index >= 15 is 0 Å². The largest absolute Gasteiger partial charge is 0.336 e. The molecule has 0 radical (unpaired) electrons. The van der Waals surface area contributed by atoms with Crippen molar-refractivity contribution in [3.05, 3.63) is 32.7 Å². The topological polar surface area (TPSA) is 32.3 Å². The number of benzene rings is 1. The summed E-state index contributed by atoms with van der Waals surface area (Å²) in [7, 11) is 0. The van der Waals surface area contributed by atoms with E-state index in [0.717, 1.165) is 27.6 Å². The highest BCUT2D eigenvalue weighted by Gasteiger charge is 2.25. The van der Waals surface area contributed by atoms with Crippen molar-refractivity contribution in [2.45, 2.75) is 25.9 Å². The number of amides is 1. The second-order valence-corrected chi connectivity index (χ2v) is 6.67. The summed E-state index contributed by atoms with van der Waals surface area (Å²) in [6.45, 7) is 5.72. The fourth-order valence-electron chi connectivity index (χ4n) is 2.35. The van der Waals surface area contributed by atoms with Crippen LogP contribution in [0.2, 0.25) is 0 Å². The molecule has 1 N–H and O–H groups in total. The molecule has 0 bridgehead atoms. The Balaban J connectivity index is 2.20. The molecule has 5 heteroatoms. The SMILES string of the molecule is CC1CN(C(=O)c2cc(Br)cc(Br)c2)CC(C)N1. The zero-order valence-electron chi connectivity index (χ0n) is 10.4. The first-order valence-corrected chi connectivity index (χ1v) is 7.55. The Morgan fingerprint density at radius 1 is 1.17 bits per heavy atom. The Morgan fingerprint density at radius 2 is 1.67 bits per heavy atom. The van der Waals surface area contributed by atoms with Crippen molar-refractivity contribution in [3.63, 3.8) is 0 Å². The summed E-state index contributed by atoms with van der Waals surface area (Å²) in [6, 6.07) is 6.34. The van der Waals surface area contributed by atoms with E-state index in [2.05, 4.69) is 51.0 Å². The van der Waals surface area contributed by atoms with E-state index in [0.29, 0.717) is 12.1 Å². The predicted molar refractivity (Wildman–Crippen MR) is 79.8 cm³/mol. The number of halogens is 2. The van der Waals surface area contributed by atoms with E-state index in [9.17, 15) is 4.79 Å². The van der Waals surface area contributed by atoms with E-state index in [-0.39, 0.29) is 5.91 Å². The molecule has 1 amide bonds. The maximum Gasteiger partial charge on any atom is 0.254 e. The van der Waals surface area contributed by atoms with E-state index < -0.39 is 0 Å². The molecule has 1 aliphatic heterocycles. The number of nitrogens with one attached hydrogen (secondary N) is 1. The normalized spacial score (nSPS) is 24.1. The Morgan fingerprint density at radius 3 is 2.17 bits per heavy atom. The van der Waals surface area contributed by atoms with Gasteiger partial charge < -0.3 is 10.2 Å². The highest BCUT2D eigenvalue weighted by molar-refractivity contribution is 9.11. The van der Waals surface area contributed by atoms with Gasteiger partial charge in [-0.25, -0.2) is 0 Å². The molecule has 1 heterocycles. The molecule has 0 saturated carbocycles. The van der Waals surface area contributed by atoms with E-state index in [1.54, 1.807) is 0 Å². The summed E-state index contributed by atoms with van der Waals surface area (Å²) >= 11 is 6.83. The molecule has 1 aromatic carbocycles. The molecule has 1 aliphatic rings. The van der Waals surface area contributed by atoms with Crippen molar-refractivity contribution in [2.75, 3.05) is 13.1 Å². The van der Waals surface area contributed by atoms with E-state index in [1.807, 2.05) is 23.1 Å². The average Bonchev–Trinajstić information content (AvgIpc) is 2.25. The van der Waals surface area contributed by atoms with Crippen molar-refractivity contribution in [2.24, 2.45) is 0 Å². The van der Waals surface area contributed by atoms with Gasteiger partial charge in [-0.2, -0.15) is 0 Å². The molecule has 98 valence electrons. The minimum Gasteiger partial charge on any atom is -0.336 e. The smallest absolute Gasteiger partial charge is 0.254 e. The lowest BCUT2D eigenvalue weighted by Gasteiger charge is -2.36. The first-order chi connectivity index (χ1) is 8.45. The number of carbonyl (C=O) groups excluding carboxylic acids is 1. The number of carbonyl (C=O) groups is 1. The molecule has 2 rings (SSSR count). The third kappa shape index (κ3) is 3.33. The number of rotatable bonds is 1. The van der Waals surface area contributed by atoms with Gasteiger partial charge in [0.05, 0.1) is 0 Å². The van der Waals surface area contributed by atoms with Gasteiger partial charge in [0, 0.05) is 39.7 Å². The van der Waals surface area contributed by atoms with Crippen molar-refractivity contribution in [3.8, 4) is 0 Å². The molecule has 1 aromatic rings. The van der Waals surface area contributed by atoms with E-state index in [1.165, 1.54) is 0 Å². The van der Waals surface area contributed by atoms with Gasteiger partial charge in [-0.05, 0) is 32.0 Å². The molecule has 0 aromatic heterocycles. The molecule has 0 aliphatic carbocycles. The van der Waals surface area contributed by atoms with Crippen molar-refractivity contribution >= 4 is 37.8 Å². The Hall–Kier alpha value is -0.390. The van der Waals surface area contributed by atoms with Gasteiger partial charge in [-0.1, -0.05) is 31.9 Å². The highest BCUT2D eigenvalue weighted by atomic mass is 79.9. The van der Waals surface area contributed by atoms with Crippen LogP contribution in [0.3, 0.4) is 0 Å². The van der Waals surface area contributed by atoms with Crippen LogP contribution in [0, 0.1) is 0 Å². The first kappa shape index (κ1) is 14.0. The lowest BCUT2D eigenvalue weighted by Crippen LogP contribution is -2.55. The van der Waals surface area contributed by atoms with Gasteiger partial charge in [0.15, 0.2) is 0 Å². The molecule has 1 fully saturated rings. The van der Waals surface area contributed by atoms with Gasteiger partial charge in [-0.3, -0.25) is 4.79 Å². The van der Waals surface area contributed by atoms with Crippen LogP contribution < -0.4 is 5.32 Å². The van der Waals surface area contributed by atoms with Gasteiger partial charge in [0.25, 0.3) is 5.91 Å². The maximum atomic E-state index is 12.5. The summed E-state index contributed by atoms with van der Waals surface area (Å²) in [4.78, 5) is 14.4. The van der Waals surface area contributed by atoms with Crippen LogP contribution in [-0.4, -0.2) is 36.0 Å². The summed E-state index contributed by atoms with van der Waals surface area (Å²) in [6.07, 6.45) is 0. The van der Waals surface area contributed by atoms with E-state index in [4.69, 9.17) is 0 Å². The number of nitrogens with zero attached hydrogens (tertiary/aromatic N) is 1. The molecule has 1 saturated heterocycles. The van der Waals surface area contributed by atoms with Crippen LogP contribution in [0.4, 0.5) is 0 Å². The summed E-state index contributed by atoms with van der Waals surface area (Å²) in [5, 5.41) is 3.43. The highest BCUT2D eigenvalue weighted by Crippen LogP contribution is 2.21. The summed E-state index contributed by atoms with van der Waals surface area (Å²) in [5.41, 5.74) is 0.720. The number of hydrogen-bond acceptors (Lipinski definition) is 2. The second-order valence-electron chi connectivity index (χ2n) is 4.84. The first-order valence-electron chi connectivity index (χ1n) is 5.97. The van der Waals surface area contributed by atoms with Gasteiger partial charge >= 0.3 is 0 Å². The van der Waals surface area contributed by atoms with Crippen LogP contribution >= 0.6 is 31.9 Å². The zero-order valence-corrected chi connectivity index (χ0v) is 13.6. The Labute approximate surface area is 124 Å². The number of piperazine rings is 1. The monoisotopic (exact) mass is 374 g/mol. The molecule has 2 atom stereocenters. The summed E-state index contributed by atoms with van der Waals surface area (Å²) < 4.78 is 1.83. The maximum absolute atomic E-state index is 12.5. The molecule has 2 unspecified atom stereocenters. The quantitative estimate of drug-likeness (QED) is 0.818. The number of hydrogen-bond donors (Lipinski definition) is 1. The van der Waals surface area contributed by atoms with Crippen molar-refractivity contribution < 1.29 is 4.79 Å². The minimum absolute atomic E-state index is 0.0946. The van der Waals surface area contributed by atoms with Crippen LogP contribution in [0.25, 0.3) is 0 Å². The van der Waals surface area contributed by atoms with Crippen LogP contribution in [0.1, 0.15) is 24.2 Å². The van der Waals surface area contributed by atoms with Crippen LogP contribution in [-0.2, 0) is 0 Å². The zero-order chi connectivity index (χ0) is 13.3. The molecule has 3 nitrogen and oxygen atoms in total. The standard InChI is InChI=1S/C13H16Br2N2O/c1-8-6-17(7-9(2)16-8)13(18)10-3-11(14)5-12(15)4-10/h3-5,8-9,16H,6-7H2,1-2H3. The third-order valence-corrected chi connectivity index (χ3v) is 3.87. The molecule has 18 heavy (non-hydrogen) atoms. The van der Waals surface area contributed by atoms with Crippen molar-refractivity contribution in [1.29, 1.82) is 0 Å². The van der Waals surface area contributed by atoms with Crippen molar-refractivity contribution in [1.82, 2.24) is 10.2 Å².